The summed E-state index contributed by atoms with van der Waals surface area (Å²) < 4.78 is 2.40. The largest absolute Gasteiger partial charge is 0.332 e. The second-order valence-corrected chi connectivity index (χ2v) is 9.56. The maximum atomic E-state index is 13.0. The highest BCUT2D eigenvalue weighted by Gasteiger charge is 2.23. The minimum atomic E-state index is -0.476. The van der Waals surface area contributed by atoms with Gasteiger partial charge >= 0.3 is 5.69 Å². The highest BCUT2D eigenvalue weighted by atomic mass is 32.2. The number of hydrogen-bond acceptors (Lipinski definition) is 7. The van der Waals surface area contributed by atoms with Gasteiger partial charge in [0.1, 0.15) is 16.2 Å². The molecule has 0 atom stereocenters. The predicted octanol–water partition coefficient (Wildman–Crippen LogP) is 3.01. The Bertz CT molecular complexity index is 1370. The zero-order valence-corrected chi connectivity index (χ0v) is 20.3. The van der Waals surface area contributed by atoms with Crippen molar-refractivity contribution < 1.29 is 9.59 Å². The number of rotatable bonds is 6. The number of anilines is 1. The summed E-state index contributed by atoms with van der Waals surface area (Å²) in [4.78, 5) is 58.9. The summed E-state index contributed by atoms with van der Waals surface area (Å²) in [5, 5.41) is 3.45. The number of ketones is 1. The predicted molar refractivity (Wildman–Crippen MR) is 132 cm³/mol. The van der Waals surface area contributed by atoms with Crippen LogP contribution in [0.4, 0.5) is 5.69 Å². The summed E-state index contributed by atoms with van der Waals surface area (Å²) in [6, 6.07) is 6.66. The van der Waals surface area contributed by atoms with Crippen LogP contribution in [0.25, 0.3) is 11.0 Å². The van der Waals surface area contributed by atoms with Crippen molar-refractivity contribution in [3.05, 3.63) is 56.5 Å². The van der Waals surface area contributed by atoms with Gasteiger partial charge in [0.2, 0.25) is 5.91 Å². The van der Waals surface area contributed by atoms with Crippen LogP contribution >= 0.6 is 11.8 Å². The van der Waals surface area contributed by atoms with E-state index in [0.29, 0.717) is 27.7 Å². The van der Waals surface area contributed by atoms with Crippen LogP contribution in [0.1, 0.15) is 61.1 Å². The van der Waals surface area contributed by atoms with Crippen LogP contribution in [0.3, 0.4) is 0 Å². The standard InChI is InChI=1S/C24H27N5O4S/c1-14(30)15-9-11-17(12-10-15)25-18(31)13-34-22-19-21(28(2)24(33)29(3)23(19)32)26-20(27-22)16-7-5-4-6-8-16/h9-12,16H,4-8,13H2,1-3H3,(H,25,31). The normalized spacial score (nSPS) is 14.3. The zero-order chi connectivity index (χ0) is 24.4. The number of nitrogens with zero attached hydrogens (tertiary/aromatic N) is 4. The number of nitrogens with one attached hydrogen (secondary N) is 1. The molecule has 0 aliphatic heterocycles. The fourth-order valence-corrected chi connectivity index (χ4v) is 5.03. The number of carbonyl (C=O) groups is 2. The molecule has 1 aromatic carbocycles. The Morgan fingerprint density at radius 3 is 2.35 bits per heavy atom. The number of Topliss-reactive ketones (excluding diaryl/α,β-unsaturated/α-hetero) is 1. The Kier molecular flexibility index (Phi) is 6.97. The molecule has 0 bridgehead atoms. The lowest BCUT2D eigenvalue weighted by Crippen LogP contribution is -2.38. The number of fused-ring (bicyclic) bond motifs is 1. The number of benzene rings is 1. The molecule has 1 N–H and O–H groups in total. The van der Waals surface area contributed by atoms with Crippen LogP contribution in [0, 0.1) is 0 Å². The molecule has 178 valence electrons. The van der Waals surface area contributed by atoms with E-state index in [1.807, 2.05) is 0 Å². The van der Waals surface area contributed by atoms with Gasteiger partial charge in [0.25, 0.3) is 5.56 Å². The molecule has 2 aromatic heterocycles. The Morgan fingerprint density at radius 1 is 1.03 bits per heavy atom. The third-order valence-electron chi connectivity index (χ3n) is 6.17. The zero-order valence-electron chi connectivity index (χ0n) is 19.5. The summed E-state index contributed by atoms with van der Waals surface area (Å²) in [6.07, 6.45) is 5.29. The summed E-state index contributed by atoms with van der Waals surface area (Å²) >= 11 is 1.15. The van der Waals surface area contributed by atoms with Crippen LogP contribution in [-0.2, 0) is 18.9 Å². The fraction of sp³-hybridized carbons (Fsp3) is 0.417. The molecule has 9 nitrogen and oxygen atoms in total. The summed E-state index contributed by atoms with van der Waals surface area (Å²) in [5.74, 6) is 0.502. The van der Waals surface area contributed by atoms with E-state index in [0.717, 1.165) is 42.0 Å². The third-order valence-corrected chi connectivity index (χ3v) is 7.14. The maximum Gasteiger partial charge on any atom is 0.332 e. The minimum Gasteiger partial charge on any atom is -0.325 e. The van der Waals surface area contributed by atoms with Gasteiger partial charge in [0.05, 0.1) is 5.75 Å². The molecule has 3 aromatic rings. The Labute approximate surface area is 200 Å². The van der Waals surface area contributed by atoms with Gasteiger partial charge in [0.15, 0.2) is 11.4 Å². The van der Waals surface area contributed by atoms with E-state index in [9.17, 15) is 19.2 Å². The number of thioether (sulfide) groups is 1. The van der Waals surface area contributed by atoms with Crippen molar-refractivity contribution in [3.8, 4) is 0 Å². The lowest BCUT2D eigenvalue weighted by molar-refractivity contribution is -0.113. The molecular weight excluding hydrogens is 454 g/mol. The smallest absolute Gasteiger partial charge is 0.325 e. The average molecular weight is 482 g/mol. The van der Waals surface area contributed by atoms with E-state index in [1.54, 1.807) is 31.3 Å². The number of carbonyl (C=O) groups excluding carboxylic acids is 2. The van der Waals surface area contributed by atoms with Crippen LogP contribution < -0.4 is 16.6 Å². The van der Waals surface area contributed by atoms with Crippen LogP contribution in [0.5, 0.6) is 0 Å². The van der Waals surface area contributed by atoms with Crippen molar-refractivity contribution in [2.45, 2.75) is 50.0 Å². The molecule has 0 radical (unpaired) electrons. The minimum absolute atomic E-state index is 0.0245. The van der Waals surface area contributed by atoms with E-state index >= 15 is 0 Å². The Balaban J connectivity index is 1.64. The molecule has 4 rings (SSSR count). The van der Waals surface area contributed by atoms with Gasteiger partial charge in [-0.1, -0.05) is 31.0 Å². The summed E-state index contributed by atoms with van der Waals surface area (Å²) in [7, 11) is 3.01. The molecule has 0 spiro atoms. The first-order valence-electron chi connectivity index (χ1n) is 11.3. The second-order valence-electron chi connectivity index (χ2n) is 8.60. The van der Waals surface area contributed by atoms with E-state index < -0.39 is 11.2 Å². The Morgan fingerprint density at radius 2 is 1.71 bits per heavy atom. The molecule has 1 saturated carbocycles. The SMILES string of the molecule is CC(=O)c1ccc(NC(=O)CSc2nc(C3CCCCC3)nc3c2c(=O)n(C)c(=O)n3C)cc1. The van der Waals surface area contributed by atoms with Crippen LogP contribution in [0.15, 0.2) is 38.9 Å². The molecule has 1 fully saturated rings. The highest BCUT2D eigenvalue weighted by molar-refractivity contribution is 8.00. The fourth-order valence-electron chi connectivity index (χ4n) is 4.21. The van der Waals surface area contributed by atoms with Gasteiger partial charge in [-0.15, -0.1) is 0 Å². The van der Waals surface area contributed by atoms with Gasteiger partial charge in [-0.2, -0.15) is 0 Å². The number of aromatic nitrogens is 4. The molecule has 0 unspecified atom stereocenters. The third kappa shape index (κ3) is 4.82. The Hall–Kier alpha value is -3.27. The summed E-state index contributed by atoms with van der Waals surface area (Å²) in [5.41, 5.74) is 0.511. The highest BCUT2D eigenvalue weighted by Crippen LogP contribution is 2.33. The van der Waals surface area contributed by atoms with Crippen LogP contribution in [-0.4, -0.2) is 36.5 Å². The van der Waals surface area contributed by atoms with Gasteiger partial charge < -0.3 is 5.32 Å². The van der Waals surface area contributed by atoms with E-state index in [-0.39, 0.29) is 28.7 Å². The molecule has 10 heteroatoms. The first-order chi connectivity index (χ1) is 16.3. The lowest BCUT2D eigenvalue weighted by atomic mass is 9.89. The second kappa shape index (κ2) is 9.92. The quantitative estimate of drug-likeness (QED) is 0.327. The lowest BCUT2D eigenvalue weighted by Gasteiger charge is -2.21. The first-order valence-corrected chi connectivity index (χ1v) is 12.3. The monoisotopic (exact) mass is 481 g/mol. The van der Waals surface area contributed by atoms with E-state index in [4.69, 9.17) is 4.98 Å². The van der Waals surface area contributed by atoms with E-state index in [1.165, 1.54) is 25.0 Å². The number of aryl methyl sites for hydroxylation is 1. The van der Waals surface area contributed by atoms with Gasteiger partial charge in [-0.25, -0.2) is 14.8 Å². The molecule has 1 aliphatic carbocycles. The van der Waals surface area contributed by atoms with Gasteiger partial charge in [0, 0.05) is 31.3 Å². The van der Waals surface area contributed by atoms with Gasteiger partial charge in [-0.05, 0) is 44.0 Å². The summed E-state index contributed by atoms with van der Waals surface area (Å²) in [6.45, 7) is 1.48. The van der Waals surface area contributed by atoms with Crippen molar-refractivity contribution in [2.75, 3.05) is 11.1 Å². The number of amides is 1. The molecular formula is C24H27N5O4S. The van der Waals surface area contributed by atoms with Crippen molar-refractivity contribution >= 4 is 40.2 Å². The van der Waals surface area contributed by atoms with Crippen molar-refractivity contribution in [1.29, 1.82) is 0 Å². The maximum absolute atomic E-state index is 13.0. The first kappa shape index (κ1) is 23.9. The topological polar surface area (TPSA) is 116 Å². The molecule has 1 aliphatic rings. The van der Waals surface area contributed by atoms with Crippen LogP contribution in [0.2, 0.25) is 0 Å². The molecule has 34 heavy (non-hydrogen) atoms. The average Bonchev–Trinajstić information content (AvgIpc) is 2.85. The molecule has 1 amide bonds. The number of hydrogen-bond donors (Lipinski definition) is 1. The van der Waals surface area contributed by atoms with Crippen molar-refractivity contribution in [2.24, 2.45) is 14.1 Å². The molecule has 0 saturated heterocycles. The van der Waals surface area contributed by atoms with E-state index in [2.05, 4.69) is 10.3 Å². The van der Waals surface area contributed by atoms with Gasteiger partial charge in [-0.3, -0.25) is 23.5 Å². The molecule has 2 heterocycles. The van der Waals surface area contributed by atoms with Crippen molar-refractivity contribution in [3.63, 3.8) is 0 Å². The van der Waals surface area contributed by atoms with Crippen molar-refractivity contribution in [1.82, 2.24) is 19.1 Å².